The molecule has 17 heteroatoms. The van der Waals surface area contributed by atoms with Gasteiger partial charge in [-0.25, -0.2) is 0 Å². The number of carbonyl (C=O) groups is 8. The van der Waals surface area contributed by atoms with Gasteiger partial charge in [-0.3, -0.25) is 48.6 Å². The lowest BCUT2D eigenvalue weighted by atomic mass is 10.0. The lowest BCUT2D eigenvalue weighted by Gasteiger charge is -2.27. The summed E-state index contributed by atoms with van der Waals surface area (Å²) in [7, 11) is 0. The molecule has 0 spiro atoms. The maximum absolute atomic E-state index is 13.2. The number of phenols is 1. The second-order valence-electron chi connectivity index (χ2n) is 17.0. The highest BCUT2D eigenvalue weighted by Crippen LogP contribution is 2.34. The minimum atomic E-state index is -1.10. The molecule has 17 nitrogen and oxygen atoms in total. The number of para-hydroxylation sites is 1. The fraction of sp³-hybridized carbons (Fsp3) is 0.440. The number of anilines is 1. The SMILES string of the molecule is O=C(CCCC(=O)NCCc1ccc(N2CCC[C@H]2CN/C=C/C(=O)c2ccccc2O)cc1)NCCCCCCCCNC(=O)COc1cccc2c1C(=O)N(C1CCC(=O)NC1=O)C2=O. The van der Waals surface area contributed by atoms with Crippen LogP contribution in [0.25, 0.3) is 0 Å². The maximum atomic E-state index is 13.2. The van der Waals surface area contributed by atoms with Crippen LogP contribution in [-0.4, -0.2) is 109 Å². The van der Waals surface area contributed by atoms with E-state index in [1.807, 2.05) is 0 Å². The number of aromatic hydroxyl groups is 1. The van der Waals surface area contributed by atoms with Crippen LogP contribution in [-0.2, 0) is 30.4 Å². The summed E-state index contributed by atoms with van der Waals surface area (Å²) < 4.78 is 5.63. The Bertz CT molecular complexity index is 2300. The van der Waals surface area contributed by atoms with Gasteiger partial charge in [0, 0.05) is 76.0 Å². The van der Waals surface area contributed by atoms with Gasteiger partial charge in [0.05, 0.1) is 16.7 Å². The summed E-state index contributed by atoms with van der Waals surface area (Å²) >= 11 is 0. The Balaban J connectivity index is 0.739. The van der Waals surface area contributed by atoms with Crippen LogP contribution in [0.2, 0.25) is 0 Å². The molecule has 2 fully saturated rings. The molecule has 6 rings (SSSR count). The molecule has 3 heterocycles. The Labute approximate surface area is 390 Å². The summed E-state index contributed by atoms with van der Waals surface area (Å²) in [5, 5.41) is 24.0. The topological polar surface area (TPSA) is 233 Å². The number of hydrogen-bond acceptors (Lipinski definition) is 12. The highest BCUT2D eigenvalue weighted by atomic mass is 16.5. The average molecular weight is 920 g/mol. The Kier molecular flexibility index (Phi) is 18.5. The fourth-order valence-electron chi connectivity index (χ4n) is 8.50. The van der Waals surface area contributed by atoms with Gasteiger partial charge in [0.2, 0.25) is 23.6 Å². The molecule has 6 N–H and O–H groups in total. The van der Waals surface area contributed by atoms with Gasteiger partial charge in [0.25, 0.3) is 17.7 Å². The normalized spacial score (nSPS) is 16.8. The standard InChI is InChI=1S/C50H61N7O10/c58-40-15-6-5-13-37(40)41(59)26-29-51-32-36-12-11-31-56(36)35-21-19-34(20-22-35)25-30-54-44(61)18-10-17-43(60)52-27-7-3-1-2-4-8-28-53-46(63)33-67-42-16-9-14-38-47(42)50(66)57(49(38)65)39-23-24-45(62)55-48(39)64/h5-6,9,13-16,19-22,26,29,36,39,51,58H,1-4,7-8,10-12,17-18,23-25,27-28,30-33H2,(H,52,60)(H,53,63)(H,54,61)(H,55,62,64)/b29-26+/t36-,39?/m0/s1. The number of imide groups is 2. The Hall–Kier alpha value is -7.04. The van der Waals surface area contributed by atoms with Crippen molar-refractivity contribution in [3.8, 4) is 11.5 Å². The number of piperidine rings is 1. The summed E-state index contributed by atoms with van der Waals surface area (Å²) in [6, 6.07) is 18.5. The van der Waals surface area contributed by atoms with Crippen molar-refractivity contribution in [1.82, 2.24) is 31.5 Å². The lowest BCUT2D eigenvalue weighted by molar-refractivity contribution is -0.136. The van der Waals surface area contributed by atoms with Crippen molar-refractivity contribution in [2.45, 2.75) is 102 Å². The number of benzene rings is 3. The molecule has 0 aliphatic carbocycles. The predicted octanol–water partition coefficient (Wildman–Crippen LogP) is 4.23. The van der Waals surface area contributed by atoms with E-state index in [1.54, 1.807) is 24.4 Å². The molecular weight excluding hydrogens is 859 g/mol. The van der Waals surface area contributed by atoms with E-state index < -0.39 is 29.7 Å². The summed E-state index contributed by atoms with van der Waals surface area (Å²) in [5.74, 6) is -3.25. The molecule has 67 heavy (non-hydrogen) atoms. The number of amides is 7. The quantitative estimate of drug-likeness (QED) is 0.0288. The molecule has 0 bridgehead atoms. The van der Waals surface area contributed by atoms with Gasteiger partial charge >= 0.3 is 0 Å². The summed E-state index contributed by atoms with van der Waals surface area (Å²) in [5.41, 5.74) is 2.59. The number of fused-ring (bicyclic) bond motifs is 1. The molecule has 3 aliphatic rings. The minimum Gasteiger partial charge on any atom is -0.507 e. The monoisotopic (exact) mass is 919 g/mol. The molecule has 3 aliphatic heterocycles. The summed E-state index contributed by atoms with van der Waals surface area (Å²) in [4.78, 5) is 103. The number of carbonyl (C=O) groups excluding carboxylic acids is 8. The number of allylic oxidation sites excluding steroid dienone is 1. The van der Waals surface area contributed by atoms with Crippen LogP contribution in [0.5, 0.6) is 11.5 Å². The number of hydrogen-bond donors (Lipinski definition) is 6. The van der Waals surface area contributed by atoms with Crippen LogP contribution in [0.1, 0.15) is 120 Å². The second-order valence-corrected chi connectivity index (χ2v) is 17.0. The number of nitrogens with zero attached hydrogens (tertiary/aromatic N) is 2. The third-order valence-corrected chi connectivity index (χ3v) is 12.1. The first kappa shape index (κ1) is 49.4. The fourth-order valence-corrected chi connectivity index (χ4v) is 8.50. The van der Waals surface area contributed by atoms with Gasteiger partial charge in [-0.2, -0.15) is 0 Å². The zero-order chi connectivity index (χ0) is 47.5. The average Bonchev–Trinajstić information content (AvgIpc) is 3.89. The van der Waals surface area contributed by atoms with Gasteiger partial charge in [-0.15, -0.1) is 0 Å². The van der Waals surface area contributed by atoms with Crippen molar-refractivity contribution in [3.05, 3.63) is 101 Å². The van der Waals surface area contributed by atoms with E-state index in [1.165, 1.54) is 30.3 Å². The van der Waals surface area contributed by atoms with Crippen LogP contribution in [0, 0.1) is 0 Å². The Morgan fingerprint density at radius 1 is 0.746 bits per heavy atom. The number of nitrogens with one attached hydrogen (secondary N) is 5. The zero-order valence-corrected chi connectivity index (χ0v) is 37.8. The van der Waals surface area contributed by atoms with Crippen molar-refractivity contribution in [3.63, 3.8) is 0 Å². The van der Waals surface area contributed by atoms with Crippen LogP contribution in [0.15, 0.2) is 79.0 Å². The van der Waals surface area contributed by atoms with E-state index in [2.05, 4.69) is 55.7 Å². The van der Waals surface area contributed by atoms with Gasteiger partial charge in [-0.05, 0) is 86.9 Å². The summed E-state index contributed by atoms with van der Waals surface area (Å²) in [6.45, 7) is 2.82. The Morgan fingerprint density at radius 2 is 1.43 bits per heavy atom. The van der Waals surface area contributed by atoms with Crippen molar-refractivity contribution in [1.29, 1.82) is 0 Å². The molecule has 1 unspecified atom stereocenters. The molecule has 3 aromatic rings. The third-order valence-electron chi connectivity index (χ3n) is 12.1. The smallest absolute Gasteiger partial charge is 0.266 e. The van der Waals surface area contributed by atoms with Crippen molar-refractivity contribution < 1.29 is 48.2 Å². The van der Waals surface area contributed by atoms with Crippen LogP contribution >= 0.6 is 0 Å². The number of ether oxygens (including phenoxy) is 1. The first-order chi connectivity index (χ1) is 32.5. The lowest BCUT2D eigenvalue weighted by Crippen LogP contribution is -2.54. The van der Waals surface area contributed by atoms with Crippen molar-refractivity contribution in [2.24, 2.45) is 0 Å². The highest BCUT2D eigenvalue weighted by Gasteiger charge is 2.46. The molecule has 0 radical (unpaired) electrons. The van der Waals surface area contributed by atoms with Crippen molar-refractivity contribution in [2.75, 3.05) is 44.2 Å². The van der Waals surface area contributed by atoms with Crippen molar-refractivity contribution >= 4 is 52.8 Å². The number of phenolic OH excluding ortho intramolecular Hbond substituents is 1. The van der Waals surface area contributed by atoms with Gasteiger partial charge < -0.3 is 36.0 Å². The van der Waals surface area contributed by atoms with Crippen LogP contribution in [0.4, 0.5) is 5.69 Å². The second kappa shape index (κ2) is 25.0. The summed E-state index contributed by atoms with van der Waals surface area (Å²) in [6.07, 6.45) is 12.5. The molecule has 0 aromatic heterocycles. The van der Waals surface area contributed by atoms with Gasteiger partial charge in [-0.1, -0.05) is 56.0 Å². The molecular formula is C50H61N7O10. The van der Waals surface area contributed by atoms with E-state index in [4.69, 9.17) is 4.74 Å². The third kappa shape index (κ3) is 14.2. The molecule has 2 atom stereocenters. The number of unbranched alkanes of at least 4 members (excludes halogenated alkanes) is 5. The van der Waals surface area contributed by atoms with Gasteiger partial charge in [0.1, 0.15) is 17.5 Å². The minimum absolute atomic E-state index is 0.00944. The van der Waals surface area contributed by atoms with E-state index in [-0.39, 0.29) is 83.6 Å². The van der Waals surface area contributed by atoms with E-state index >= 15 is 0 Å². The van der Waals surface area contributed by atoms with Gasteiger partial charge in [0.15, 0.2) is 12.4 Å². The number of ketones is 1. The van der Waals surface area contributed by atoms with E-state index in [0.717, 1.165) is 74.1 Å². The van der Waals surface area contributed by atoms with E-state index in [0.29, 0.717) is 45.4 Å². The predicted molar refractivity (Wildman–Crippen MR) is 249 cm³/mol. The van der Waals surface area contributed by atoms with Crippen LogP contribution in [0.3, 0.4) is 0 Å². The first-order valence-corrected chi connectivity index (χ1v) is 23.4. The number of rotatable bonds is 26. The van der Waals surface area contributed by atoms with E-state index in [9.17, 15) is 43.5 Å². The molecule has 356 valence electrons. The molecule has 2 saturated heterocycles. The molecule has 3 aromatic carbocycles. The molecule has 0 saturated carbocycles. The Morgan fingerprint density at radius 3 is 2.15 bits per heavy atom. The molecule has 7 amide bonds. The highest BCUT2D eigenvalue weighted by molar-refractivity contribution is 6.24. The largest absolute Gasteiger partial charge is 0.507 e. The maximum Gasteiger partial charge on any atom is 0.266 e. The zero-order valence-electron chi connectivity index (χ0n) is 37.8. The van der Waals surface area contributed by atoms with Crippen LogP contribution < -0.4 is 36.2 Å². The first-order valence-electron chi connectivity index (χ1n) is 23.4.